The van der Waals surface area contributed by atoms with Crippen molar-refractivity contribution in [2.45, 2.75) is 0 Å². The molecule has 5 nitrogen and oxygen atoms in total. The van der Waals surface area contributed by atoms with Gasteiger partial charge in [-0.2, -0.15) is 0 Å². The minimum Gasteiger partial charge on any atom is -0.478 e. The van der Waals surface area contributed by atoms with E-state index in [1.54, 1.807) is 19.2 Å². The van der Waals surface area contributed by atoms with Crippen LogP contribution in [0.4, 0.5) is 5.69 Å². The van der Waals surface area contributed by atoms with E-state index in [0.717, 1.165) is 0 Å². The molecule has 0 saturated carbocycles. The zero-order chi connectivity index (χ0) is 13.4. The molecule has 0 aromatic heterocycles. The molecule has 0 unspecified atom stereocenters. The molecule has 0 amide bonds. The monoisotopic (exact) mass is 273 g/mol. The molecule has 0 aliphatic rings. The molecule has 6 heteroatoms. The van der Waals surface area contributed by atoms with Crippen molar-refractivity contribution in [1.29, 1.82) is 0 Å². The third-order valence-electron chi connectivity index (χ3n) is 2.21. The lowest BCUT2D eigenvalue weighted by molar-refractivity contribution is 0.0697. The average molecular weight is 274 g/mol. The maximum atomic E-state index is 11.0. The van der Waals surface area contributed by atoms with Crippen molar-refractivity contribution in [3.63, 3.8) is 0 Å². The minimum absolute atomic E-state index is 0.152. The molecule has 18 heavy (non-hydrogen) atoms. The number of hydrogen-bond donors (Lipinski definition) is 2. The van der Waals surface area contributed by atoms with Crippen molar-refractivity contribution in [2.75, 3.05) is 38.8 Å². The molecule has 0 radical (unpaired) electrons. The summed E-state index contributed by atoms with van der Waals surface area (Å²) in [5.41, 5.74) is 0.682. The van der Waals surface area contributed by atoms with Crippen molar-refractivity contribution in [3.05, 3.63) is 28.8 Å². The number of benzene rings is 1. The number of carboxylic acid groups (broad SMARTS) is 1. The van der Waals surface area contributed by atoms with E-state index in [4.69, 9.17) is 26.2 Å². The SMILES string of the molecule is COCCOCCNc1ccc(Cl)cc1C(=O)O. The molecule has 100 valence electrons. The van der Waals surface area contributed by atoms with Crippen molar-refractivity contribution in [2.24, 2.45) is 0 Å². The van der Waals surface area contributed by atoms with Gasteiger partial charge in [-0.25, -0.2) is 4.79 Å². The van der Waals surface area contributed by atoms with E-state index in [9.17, 15) is 4.79 Å². The van der Waals surface area contributed by atoms with Gasteiger partial charge in [-0.1, -0.05) is 11.6 Å². The Labute approximate surface area is 111 Å². The lowest BCUT2D eigenvalue weighted by Gasteiger charge is -2.10. The van der Waals surface area contributed by atoms with Crippen LogP contribution in [0.15, 0.2) is 18.2 Å². The Morgan fingerprint density at radius 1 is 1.39 bits per heavy atom. The highest BCUT2D eigenvalue weighted by molar-refractivity contribution is 6.31. The van der Waals surface area contributed by atoms with E-state index in [-0.39, 0.29) is 5.56 Å². The number of hydrogen-bond acceptors (Lipinski definition) is 4. The Balaban J connectivity index is 2.44. The molecule has 0 aliphatic carbocycles. The van der Waals surface area contributed by atoms with Gasteiger partial charge in [0.1, 0.15) is 0 Å². The first-order valence-corrected chi connectivity index (χ1v) is 5.86. The maximum absolute atomic E-state index is 11.0. The molecule has 1 aromatic carbocycles. The number of carboxylic acids is 1. The smallest absolute Gasteiger partial charge is 0.337 e. The van der Waals surface area contributed by atoms with Crippen LogP contribution >= 0.6 is 11.6 Å². The van der Waals surface area contributed by atoms with Gasteiger partial charge in [0.25, 0.3) is 0 Å². The minimum atomic E-state index is -1.01. The summed E-state index contributed by atoms with van der Waals surface area (Å²) in [4.78, 5) is 11.0. The van der Waals surface area contributed by atoms with Crippen LogP contribution in [0.3, 0.4) is 0 Å². The number of nitrogens with one attached hydrogen (secondary N) is 1. The second-order valence-corrected chi connectivity index (χ2v) is 3.96. The number of anilines is 1. The number of carbonyl (C=O) groups is 1. The van der Waals surface area contributed by atoms with Gasteiger partial charge in [0.2, 0.25) is 0 Å². The standard InChI is InChI=1S/C12H16ClNO4/c1-17-6-7-18-5-4-14-11-3-2-9(13)8-10(11)12(15)16/h2-3,8,14H,4-7H2,1H3,(H,15,16). The lowest BCUT2D eigenvalue weighted by atomic mass is 10.2. The zero-order valence-electron chi connectivity index (χ0n) is 10.1. The highest BCUT2D eigenvalue weighted by Gasteiger charge is 2.09. The highest BCUT2D eigenvalue weighted by atomic mass is 35.5. The maximum Gasteiger partial charge on any atom is 0.337 e. The van der Waals surface area contributed by atoms with Gasteiger partial charge in [0.15, 0.2) is 0 Å². The van der Waals surface area contributed by atoms with Gasteiger partial charge >= 0.3 is 5.97 Å². The fourth-order valence-corrected chi connectivity index (χ4v) is 1.52. The van der Waals surface area contributed by atoms with Crippen LogP contribution in [-0.2, 0) is 9.47 Å². The summed E-state index contributed by atoms with van der Waals surface area (Å²) >= 11 is 5.75. The van der Waals surface area contributed by atoms with Crippen LogP contribution in [0.1, 0.15) is 10.4 Å². The van der Waals surface area contributed by atoms with E-state index in [1.165, 1.54) is 6.07 Å². The Morgan fingerprint density at radius 3 is 2.83 bits per heavy atom. The van der Waals surface area contributed by atoms with Crippen molar-refractivity contribution in [1.82, 2.24) is 0 Å². The van der Waals surface area contributed by atoms with Gasteiger partial charge in [-0.15, -0.1) is 0 Å². The normalized spacial score (nSPS) is 10.3. The molecule has 0 saturated heterocycles. The molecule has 0 spiro atoms. The molecule has 0 aliphatic heterocycles. The summed E-state index contributed by atoms with van der Waals surface area (Å²) < 4.78 is 10.1. The van der Waals surface area contributed by atoms with Gasteiger partial charge in [-0.3, -0.25) is 0 Å². The first kappa shape index (κ1) is 14.8. The van der Waals surface area contributed by atoms with Gasteiger partial charge < -0.3 is 19.9 Å². The summed E-state index contributed by atoms with van der Waals surface area (Å²) in [6.45, 7) is 2.06. The summed E-state index contributed by atoms with van der Waals surface area (Å²) in [5.74, 6) is -1.01. The lowest BCUT2D eigenvalue weighted by Crippen LogP contribution is -2.14. The molecular formula is C12H16ClNO4. The third-order valence-corrected chi connectivity index (χ3v) is 2.44. The summed E-state index contributed by atoms with van der Waals surface area (Å²) in [6, 6.07) is 4.70. The fraction of sp³-hybridized carbons (Fsp3) is 0.417. The highest BCUT2D eigenvalue weighted by Crippen LogP contribution is 2.20. The van der Waals surface area contributed by atoms with E-state index < -0.39 is 5.97 Å². The number of aromatic carboxylic acids is 1. The van der Waals surface area contributed by atoms with E-state index in [0.29, 0.717) is 37.1 Å². The second-order valence-electron chi connectivity index (χ2n) is 3.53. The molecule has 2 N–H and O–H groups in total. The molecule has 0 atom stereocenters. The van der Waals surface area contributed by atoms with Crippen LogP contribution in [0.5, 0.6) is 0 Å². The van der Waals surface area contributed by atoms with E-state index in [2.05, 4.69) is 5.32 Å². The first-order chi connectivity index (χ1) is 8.65. The van der Waals surface area contributed by atoms with Crippen molar-refractivity contribution < 1.29 is 19.4 Å². The number of rotatable bonds is 8. The number of methoxy groups -OCH3 is 1. The van der Waals surface area contributed by atoms with E-state index in [1.807, 2.05) is 0 Å². The van der Waals surface area contributed by atoms with Crippen LogP contribution < -0.4 is 5.32 Å². The summed E-state index contributed by atoms with van der Waals surface area (Å²) in [7, 11) is 1.61. The van der Waals surface area contributed by atoms with Crippen LogP contribution in [0.25, 0.3) is 0 Å². The third kappa shape index (κ3) is 4.91. The van der Waals surface area contributed by atoms with Crippen LogP contribution in [-0.4, -0.2) is 44.6 Å². The number of halogens is 1. The number of ether oxygens (including phenoxy) is 2. The molecular weight excluding hydrogens is 258 g/mol. The van der Waals surface area contributed by atoms with Gasteiger partial charge in [0, 0.05) is 24.4 Å². The van der Waals surface area contributed by atoms with Crippen molar-refractivity contribution in [3.8, 4) is 0 Å². The first-order valence-electron chi connectivity index (χ1n) is 5.48. The fourth-order valence-electron chi connectivity index (χ4n) is 1.35. The largest absolute Gasteiger partial charge is 0.478 e. The quantitative estimate of drug-likeness (QED) is 0.710. The predicted octanol–water partition coefficient (Wildman–Crippen LogP) is 2.11. The topological polar surface area (TPSA) is 67.8 Å². The average Bonchev–Trinajstić information content (AvgIpc) is 2.35. The Kier molecular flexibility index (Phi) is 6.49. The molecule has 0 bridgehead atoms. The molecule has 1 rings (SSSR count). The second kappa shape index (κ2) is 7.92. The molecule has 0 fully saturated rings. The predicted molar refractivity (Wildman–Crippen MR) is 69.6 cm³/mol. The van der Waals surface area contributed by atoms with Crippen LogP contribution in [0.2, 0.25) is 5.02 Å². The summed E-state index contributed by atoms with van der Waals surface area (Å²) in [5, 5.41) is 12.4. The van der Waals surface area contributed by atoms with Crippen LogP contribution in [0, 0.1) is 0 Å². The molecule has 1 aromatic rings. The van der Waals surface area contributed by atoms with Crippen molar-refractivity contribution >= 4 is 23.3 Å². The van der Waals surface area contributed by atoms with Gasteiger partial charge in [-0.05, 0) is 18.2 Å². The zero-order valence-corrected chi connectivity index (χ0v) is 10.9. The molecule has 0 heterocycles. The Bertz CT molecular complexity index is 398. The Hall–Kier alpha value is -1.30. The summed E-state index contributed by atoms with van der Waals surface area (Å²) in [6.07, 6.45) is 0. The van der Waals surface area contributed by atoms with E-state index >= 15 is 0 Å². The van der Waals surface area contributed by atoms with Gasteiger partial charge in [0.05, 0.1) is 25.4 Å². The Morgan fingerprint density at radius 2 is 2.17 bits per heavy atom.